The van der Waals surface area contributed by atoms with Crippen molar-refractivity contribution in [3.63, 3.8) is 0 Å². The van der Waals surface area contributed by atoms with E-state index < -0.39 is 0 Å². The van der Waals surface area contributed by atoms with Crippen LogP contribution in [0, 0.1) is 12.8 Å². The zero-order valence-corrected chi connectivity index (χ0v) is 12.4. The van der Waals surface area contributed by atoms with Gasteiger partial charge >= 0.3 is 0 Å². The molecule has 1 atom stereocenters. The minimum absolute atomic E-state index is 0.201. The third-order valence-corrected chi connectivity index (χ3v) is 4.29. The lowest BCUT2D eigenvalue weighted by atomic mass is 10.1. The molecule has 0 aromatic carbocycles. The van der Waals surface area contributed by atoms with Crippen LogP contribution in [0.1, 0.15) is 43.3 Å². The average molecular weight is 290 g/mol. The summed E-state index contributed by atoms with van der Waals surface area (Å²) in [6, 6.07) is 1.74. The molecule has 0 spiro atoms. The van der Waals surface area contributed by atoms with Crippen LogP contribution in [0.3, 0.4) is 0 Å². The predicted octanol–water partition coefficient (Wildman–Crippen LogP) is 1.46. The zero-order valence-electron chi connectivity index (χ0n) is 12.4. The van der Waals surface area contributed by atoms with Crippen molar-refractivity contribution in [1.82, 2.24) is 14.9 Å². The smallest absolute Gasteiger partial charge is 0.225 e. The molecule has 2 fully saturated rings. The molecule has 6 nitrogen and oxygen atoms in total. The van der Waals surface area contributed by atoms with E-state index in [0.29, 0.717) is 31.3 Å². The molecule has 1 aliphatic carbocycles. The van der Waals surface area contributed by atoms with E-state index in [9.17, 15) is 4.79 Å². The first-order valence-corrected chi connectivity index (χ1v) is 7.65. The Hall–Kier alpha value is -1.69. The van der Waals surface area contributed by atoms with Crippen LogP contribution in [0.4, 0.5) is 5.82 Å². The third-order valence-electron chi connectivity index (χ3n) is 4.29. The Morgan fingerprint density at radius 3 is 2.86 bits per heavy atom. The Balaban J connectivity index is 1.71. The first-order valence-electron chi connectivity index (χ1n) is 7.65. The second-order valence-electron chi connectivity index (χ2n) is 5.89. The van der Waals surface area contributed by atoms with E-state index in [0.717, 1.165) is 18.5 Å². The summed E-state index contributed by atoms with van der Waals surface area (Å²) in [6.07, 6.45) is 4.20. The molecule has 1 aromatic rings. The van der Waals surface area contributed by atoms with Gasteiger partial charge in [-0.25, -0.2) is 9.97 Å². The van der Waals surface area contributed by atoms with E-state index in [2.05, 4.69) is 9.97 Å². The van der Waals surface area contributed by atoms with E-state index in [4.69, 9.17) is 10.5 Å². The number of nitrogen functional groups attached to an aromatic ring is 1. The maximum Gasteiger partial charge on any atom is 0.225 e. The highest BCUT2D eigenvalue weighted by atomic mass is 16.5. The molecule has 2 N–H and O–H groups in total. The lowest BCUT2D eigenvalue weighted by molar-refractivity contribution is -0.143. The van der Waals surface area contributed by atoms with Crippen molar-refractivity contribution in [2.24, 2.45) is 5.92 Å². The minimum Gasteiger partial charge on any atom is -0.384 e. The number of nitrogens with zero attached hydrogens (tertiary/aromatic N) is 3. The quantitative estimate of drug-likeness (QED) is 0.891. The molecule has 114 valence electrons. The molecule has 1 saturated heterocycles. The molecule has 0 unspecified atom stereocenters. The van der Waals surface area contributed by atoms with Gasteiger partial charge in [-0.15, -0.1) is 0 Å². The maximum absolute atomic E-state index is 12.5. The van der Waals surface area contributed by atoms with Gasteiger partial charge in [0.2, 0.25) is 5.91 Å². The van der Waals surface area contributed by atoms with Gasteiger partial charge in [-0.1, -0.05) is 12.8 Å². The number of ether oxygens (including phenoxy) is 1. The molecule has 21 heavy (non-hydrogen) atoms. The van der Waals surface area contributed by atoms with Gasteiger partial charge in [0.05, 0.1) is 18.8 Å². The summed E-state index contributed by atoms with van der Waals surface area (Å²) >= 11 is 0. The Bertz CT molecular complexity index is 508. The van der Waals surface area contributed by atoms with Crippen molar-refractivity contribution in [1.29, 1.82) is 0 Å². The van der Waals surface area contributed by atoms with E-state index >= 15 is 0 Å². The number of anilines is 1. The second-order valence-corrected chi connectivity index (χ2v) is 5.89. The topological polar surface area (TPSA) is 81.3 Å². The van der Waals surface area contributed by atoms with E-state index in [1.54, 1.807) is 6.07 Å². The van der Waals surface area contributed by atoms with Crippen LogP contribution < -0.4 is 5.73 Å². The Labute approximate surface area is 124 Å². The predicted molar refractivity (Wildman–Crippen MR) is 78.4 cm³/mol. The SMILES string of the molecule is Cc1nc(N)cc([C@H]2CN(C(=O)C3CCCC3)CCO2)n1. The average Bonchev–Trinajstić information content (AvgIpc) is 3.00. The van der Waals surface area contributed by atoms with Gasteiger partial charge in [-0.05, 0) is 19.8 Å². The molecule has 1 saturated carbocycles. The van der Waals surface area contributed by atoms with Crippen molar-refractivity contribution in [3.05, 3.63) is 17.6 Å². The summed E-state index contributed by atoms with van der Waals surface area (Å²) in [6.45, 7) is 3.59. The first kappa shape index (κ1) is 14.3. The standard InChI is InChI=1S/C15H22N4O2/c1-10-17-12(8-14(16)18-10)13-9-19(6-7-21-13)15(20)11-4-2-3-5-11/h8,11,13H,2-7,9H2,1H3,(H2,16,17,18)/t13-/m1/s1. The van der Waals surface area contributed by atoms with Crippen LogP contribution in [-0.2, 0) is 9.53 Å². The van der Waals surface area contributed by atoms with Gasteiger partial charge < -0.3 is 15.4 Å². The molecule has 3 rings (SSSR count). The first-order chi connectivity index (χ1) is 10.1. The molecule has 6 heteroatoms. The fraction of sp³-hybridized carbons (Fsp3) is 0.667. The highest BCUT2D eigenvalue weighted by Gasteiger charge is 2.32. The monoisotopic (exact) mass is 290 g/mol. The van der Waals surface area contributed by atoms with Crippen molar-refractivity contribution >= 4 is 11.7 Å². The van der Waals surface area contributed by atoms with Gasteiger partial charge in [0, 0.05) is 18.5 Å². The fourth-order valence-electron chi connectivity index (χ4n) is 3.24. The number of carbonyl (C=O) groups excluding carboxylic acids is 1. The normalized spacial score (nSPS) is 23.5. The Morgan fingerprint density at radius 2 is 2.14 bits per heavy atom. The maximum atomic E-state index is 12.5. The fourth-order valence-corrected chi connectivity index (χ4v) is 3.24. The van der Waals surface area contributed by atoms with Crippen molar-refractivity contribution < 1.29 is 9.53 Å². The van der Waals surface area contributed by atoms with Gasteiger partial charge in [-0.3, -0.25) is 4.79 Å². The molecule has 2 aliphatic rings. The summed E-state index contributed by atoms with van der Waals surface area (Å²) in [5.41, 5.74) is 6.54. The number of hydrogen-bond acceptors (Lipinski definition) is 5. The van der Waals surface area contributed by atoms with Crippen LogP contribution in [0.25, 0.3) is 0 Å². The van der Waals surface area contributed by atoms with Crippen LogP contribution in [0.5, 0.6) is 0 Å². The van der Waals surface area contributed by atoms with Gasteiger partial charge in [0.25, 0.3) is 0 Å². The van der Waals surface area contributed by atoms with Gasteiger partial charge in [0.15, 0.2) is 0 Å². The van der Waals surface area contributed by atoms with Crippen molar-refractivity contribution in [3.8, 4) is 0 Å². The van der Waals surface area contributed by atoms with Crippen LogP contribution in [0.2, 0.25) is 0 Å². The summed E-state index contributed by atoms with van der Waals surface area (Å²) < 4.78 is 5.78. The number of hydrogen-bond donors (Lipinski definition) is 1. The number of amides is 1. The zero-order chi connectivity index (χ0) is 14.8. The van der Waals surface area contributed by atoms with Crippen molar-refractivity contribution in [2.45, 2.75) is 38.7 Å². The second kappa shape index (κ2) is 5.97. The van der Waals surface area contributed by atoms with E-state index in [1.807, 2.05) is 11.8 Å². The van der Waals surface area contributed by atoms with Crippen LogP contribution >= 0.6 is 0 Å². The van der Waals surface area contributed by atoms with Crippen LogP contribution in [0.15, 0.2) is 6.07 Å². The van der Waals surface area contributed by atoms with Gasteiger partial charge in [-0.2, -0.15) is 0 Å². The van der Waals surface area contributed by atoms with Gasteiger partial charge in [0.1, 0.15) is 17.7 Å². The number of morpholine rings is 1. The molecule has 1 aromatic heterocycles. The van der Waals surface area contributed by atoms with Crippen LogP contribution in [-0.4, -0.2) is 40.5 Å². The lowest BCUT2D eigenvalue weighted by Crippen LogP contribution is -2.44. The molecule has 0 bridgehead atoms. The Kier molecular flexibility index (Phi) is 4.05. The number of aromatic nitrogens is 2. The molecule has 1 aliphatic heterocycles. The third kappa shape index (κ3) is 3.15. The number of rotatable bonds is 2. The molecular weight excluding hydrogens is 268 g/mol. The highest BCUT2D eigenvalue weighted by Crippen LogP contribution is 2.29. The molecule has 2 heterocycles. The lowest BCUT2D eigenvalue weighted by Gasteiger charge is -2.34. The summed E-state index contributed by atoms with van der Waals surface area (Å²) in [5, 5.41) is 0. The summed E-state index contributed by atoms with van der Waals surface area (Å²) in [4.78, 5) is 22.9. The number of aryl methyl sites for hydroxylation is 1. The van der Waals surface area contributed by atoms with Crippen molar-refractivity contribution in [2.75, 3.05) is 25.4 Å². The molecular formula is C15H22N4O2. The van der Waals surface area contributed by atoms with E-state index in [1.165, 1.54) is 12.8 Å². The number of carbonyl (C=O) groups is 1. The summed E-state index contributed by atoms with van der Waals surface area (Å²) in [5.74, 6) is 1.56. The highest BCUT2D eigenvalue weighted by molar-refractivity contribution is 5.79. The molecule has 0 radical (unpaired) electrons. The Morgan fingerprint density at radius 1 is 1.38 bits per heavy atom. The summed E-state index contributed by atoms with van der Waals surface area (Å²) in [7, 11) is 0. The number of nitrogens with two attached hydrogens (primary N) is 1. The largest absolute Gasteiger partial charge is 0.384 e. The van der Waals surface area contributed by atoms with E-state index in [-0.39, 0.29) is 17.9 Å². The minimum atomic E-state index is -0.201. The molecule has 1 amide bonds.